The Bertz CT molecular complexity index is 923. The Morgan fingerprint density at radius 3 is 2.62 bits per heavy atom. The van der Waals surface area contributed by atoms with E-state index in [-0.39, 0.29) is 11.6 Å². The van der Waals surface area contributed by atoms with Crippen molar-refractivity contribution in [2.45, 2.75) is 13.8 Å². The molecule has 2 aromatic carbocycles. The molecule has 2 N–H and O–H groups in total. The summed E-state index contributed by atoms with van der Waals surface area (Å²) in [6.45, 7) is 4.05. The van der Waals surface area contributed by atoms with Crippen LogP contribution in [0.15, 0.2) is 54.9 Å². The first kappa shape index (κ1) is 17.4. The number of nitrogens with one attached hydrogen (secondary N) is 2. The Morgan fingerprint density at radius 2 is 1.88 bits per heavy atom. The number of hydrogen-bond donors (Lipinski definition) is 2. The van der Waals surface area contributed by atoms with Gasteiger partial charge in [-0.1, -0.05) is 18.2 Å². The summed E-state index contributed by atoms with van der Waals surface area (Å²) in [4.78, 5) is 20.8. The smallest absolute Gasteiger partial charge is 0.275 e. The van der Waals surface area contributed by atoms with Crippen LogP contribution in [0, 0.1) is 13.8 Å². The van der Waals surface area contributed by atoms with Crippen LogP contribution in [0.2, 0.25) is 0 Å². The minimum atomic E-state index is -0.330. The van der Waals surface area contributed by atoms with Crippen LogP contribution >= 0.6 is 0 Å². The van der Waals surface area contributed by atoms with E-state index >= 15 is 0 Å². The maximum atomic E-state index is 12.3. The SMILES string of the molecule is COc1cccc(NC(=O)c2cnc(Nc3cc(C)ccc3C)cn2)c1. The lowest BCUT2D eigenvalue weighted by atomic mass is 10.1. The number of rotatable bonds is 5. The van der Waals surface area contributed by atoms with E-state index in [1.165, 1.54) is 6.20 Å². The number of aryl methyl sites for hydroxylation is 2. The van der Waals surface area contributed by atoms with Crippen LogP contribution in [0.5, 0.6) is 5.75 Å². The number of anilines is 3. The maximum absolute atomic E-state index is 12.3. The van der Waals surface area contributed by atoms with Crippen molar-refractivity contribution in [3.63, 3.8) is 0 Å². The van der Waals surface area contributed by atoms with Crippen LogP contribution in [0.25, 0.3) is 0 Å². The highest BCUT2D eigenvalue weighted by Crippen LogP contribution is 2.20. The highest BCUT2D eigenvalue weighted by Gasteiger charge is 2.09. The van der Waals surface area contributed by atoms with Crippen LogP contribution in [-0.2, 0) is 0 Å². The fraction of sp³-hybridized carbons (Fsp3) is 0.150. The predicted octanol–water partition coefficient (Wildman–Crippen LogP) is 4.10. The van der Waals surface area contributed by atoms with Gasteiger partial charge in [0.2, 0.25) is 0 Å². The molecular formula is C20H20N4O2. The van der Waals surface area contributed by atoms with E-state index in [0.717, 1.165) is 16.8 Å². The third-order valence-corrected chi connectivity index (χ3v) is 3.87. The highest BCUT2D eigenvalue weighted by molar-refractivity contribution is 6.02. The van der Waals surface area contributed by atoms with Gasteiger partial charge in [-0.25, -0.2) is 9.97 Å². The number of methoxy groups -OCH3 is 1. The molecule has 1 amide bonds. The van der Waals surface area contributed by atoms with Gasteiger partial charge in [-0.05, 0) is 43.2 Å². The molecule has 132 valence electrons. The predicted molar refractivity (Wildman–Crippen MR) is 102 cm³/mol. The van der Waals surface area contributed by atoms with Gasteiger partial charge in [-0.3, -0.25) is 4.79 Å². The van der Waals surface area contributed by atoms with Gasteiger partial charge in [0.25, 0.3) is 5.91 Å². The average Bonchev–Trinajstić information content (AvgIpc) is 2.65. The Labute approximate surface area is 152 Å². The van der Waals surface area contributed by atoms with E-state index in [2.05, 4.69) is 26.7 Å². The average molecular weight is 348 g/mol. The molecule has 0 fully saturated rings. The van der Waals surface area contributed by atoms with E-state index in [9.17, 15) is 4.79 Å². The standard InChI is InChI=1S/C20H20N4O2/c1-13-7-8-14(2)17(9-13)24-19-12-21-18(11-22-19)20(25)23-15-5-4-6-16(10-15)26-3/h4-12H,1-3H3,(H,22,24)(H,23,25). The van der Waals surface area contributed by atoms with Crippen molar-refractivity contribution < 1.29 is 9.53 Å². The fourth-order valence-corrected chi connectivity index (χ4v) is 2.41. The summed E-state index contributed by atoms with van der Waals surface area (Å²) < 4.78 is 5.14. The molecule has 0 saturated carbocycles. The minimum absolute atomic E-state index is 0.235. The molecule has 3 rings (SSSR count). The lowest BCUT2D eigenvalue weighted by molar-refractivity contribution is 0.102. The summed E-state index contributed by atoms with van der Waals surface area (Å²) in [5, 5.41) is 6.00. The molecule has 0 aliphatic heterocycles. The first-order valence-corrected chi connectivity index (χ1v) is 8.17. The molecule has 0 aliphatic rings. The van der Waals surface area contributed by atoms with Crippen molar-refractivity contribution in [2.75, 3.05) is 17.7 Å². The van der Waals surface area contributed by atoms with Gasteiger partial charge in [0.15, 0.2) is 0 Å². The topological polar surface area (TPSA) is 76.1 Å². The van der Waals surface area contributed by atoms with Crippen molar-refractivity contribution in [1.82, 2.24) is 9.97 Å². The molecule has 6 heteroatoms. The van der Waals surface area contributed by atoms with Crippen molar-refractivity contribution in [3.8, 4) is 5.75 Å². The normalized spacial score (nSPS) is 10.3. The number of hydrogen-bond acceptors (Lipinski definition) is 5. The monoisotopic (exact) mass is 348 g/mol. The van der Waals surface area contributed by atoms with E-state index < -0.39 is 0 Å². The van der Waals surface area contributed by atoms with E-state index in [4.69, 9.17) is 4.74 Å². The number of benzene rings is 2. The molecule has 1 aromatic heterocycles. The minimum Gasteiger partial charge on any atom is -0.497 e. The van der Waals surface area contributed by atoms with Crippen molar-refractivity contribution in [1.29, 1.82) is 0 Å². The van der Waals surface area contributed by atoms with Gasteiger partial charge in [0.1, 0.15) is 17.3 Å². The molecule has 0 radical (unpaired) electrons. The molecule has 0 atom stereocenters. The Balaban J connectivity index is 1.70. The summed E-state index contributed by atoms with van der Waals surface area (Å²) in [5.41, 5.74) is 4.10. The summed E-state index contributed by atoms with van der Waals surface area (Å²) >= 11 is 0. The van der Waals surface area contributed by atoms with Gasteiger partial charge in [-0.15, -0.1) is 0 Å². The number of carbonyl (C=O) groups excluding carboxylic acids is 1. The van der Waals surface area contributed by atoms with Gasteiger partial charge >= 0.3 is 0 Å². The van der Waals surface area contributed by atoms with Crippen LogP contribution in [0.3, 0.4) is 0 Å². The Hall–Kier alpha value is -3.41. The molecule has 1 heterocycles. The molecule has 0 saturated heterocycles. The summed E-state index contributed by atoms with van der Waals surface area (Å²) in [7, 11) is 1.58. The van der Waals surface area contributed by atoms with Gasteiger partial charge < -0.3 is 15.4 Å². The van der Waals surface area contributed by atoms with Crippen molar-refractivity contribution in [3.05, 3.63) is 71.7 Å². The van der Waals surface area contributed by atoms with Crippen molar-refractivity contribution >= 4 is 23.1 Å². The van der Waals surface area contributed by atoms with Crippen LogP contribution in [0.4, 0.5) is 17.2 Å². The second-order valence-electron chi connectivity index (χ2n) is 5.92. The van der Waals surface area contributed by atoms with Crippen LogP contribution in [-0.4, -0.2) is 23.0 Å². The quantitative estimate of drug-likeness (QED) is 0.726. The fourth-order valence-electron chi connectivity index (χ4n) is 2.41. The third-order valence-electron chi connectivity index (χ3n) is 3.87. The lowest BCUT2D eigenvalue weighted by Gasteiger charge is -2.10. The number of nitrogens with zero attached hydrogens (tertiary/aromatic N) is 2. The second-order valence-corrected chi connectivity index (χ2v) is 5.92. The maximum Gasteiger partial charge on any atom is 0.275 e. The highest BCUT2D eigenvalue weighted by atomic mass is 16.5. The number of ether oxygens (including phenoxy) is 1. The molecule has 0 unspecified atom stereocenters. The molecule has 26 heavy (non-hydrogen) atoms. The largest absolute Gasteiger partial charge is 0.497 e. The Morgan fingerprint density at radius 1 is 1.04 bits per heavy atom. The zero-order valence-corrected chi connectivity index (χ0v) is 14.9. The van der Waals surface area contributed by atoms with Crippen LogP contribution in [0.1, 0.15) is 21.6 Å². The summed E-state index contributed by atoms with van der Waals surface area (Å²) in [5.74, 6) is 0.919. The lowest BCUT2D eigenvalue weighted by Crippen LogP contribution is -2.14. The Kier molecular flexibility index (Phi) is 5.12. The zero-order valence-electron chi connectivity index (χ0n) is 14.9. The summed E-state index contributed by atoms with van der Waals surface area (Å²) in [6, 6.07) is 13.3. The number of amides is 1. The third kappa shape index (κ3) is 4.16. The molecule has 0 aliphatic carbocycles. The molecule has 0 bridgehead atoms. The number of aromatic nitrogens is 2. The van der Waals surface area contributed by atoms with E-state index in [1.54, 1.807) is 31.5 Å². The first-order valence-electron chi connectivity index (χ1n) is 8.17. The molecule has 0 spiro atoms. The van der Waals surface area contributed by atoms with E-state index in [0.29, 0.717) is 17.3 Å². The first-order chi connectivity index (χ1) is 12.5. The summed E-state index contributed by atoms with van der Waals surface area (Å²) in [6.07, 6.45) is 2.99. The van der Waals surface area contributed by atoms with Crippen molar-refractivity contribution in [2.24, 2.45) is 0 Å². The van der Waals surface area contributed by atoms with Gasteiger partial charge in [-0.2, -0.15) is 0 Å². The molecule has 3 aromatic rings. The second kappa shape index (κ2) is 7.65. The van der Waals surface area contributed by atoms with Gasteiger partial charge in [0.05, 0.1) is 19.5 Å². The van der Waals surface area contributed by atoms with Gasteiger partial charge in [0, 0.05) is 17.4 Å². The van der Waals surface area contributed by atoms with Crippen LogP contribution < -0.4 is 15.4 Å². The molecule has 6 nitrogen and oxygen atoms in total. The van der Waals surface area contributed by atoms with E-state index in [1.807, 2.05) is 32.0 Å². The number of carbonyl (C=O) groups is 1. The molecular weight excluding hydrogens is 328 g/mol. The zero-order chi connectivity index (χ0) is 18.5.